The molecule has 0 saturated heterocycles. The number of rotatable bonds is 10. The van der Waals surface area contributed by atoms with Crippen molar-refractivity contribution in [1.82, 2.24) is 25.1 Å². The number of aromatic nitrogens is 3. The first-order valence-electron chi connectivity index (χ1n) is 14.0. The molecule has 3 aromatic carbocycles. The fourth-order valence-electron chi connectivity index (χ4n) is 5.00. The smallest absolute Gasteiger partial charge is 0.253 e. The minimum atomic E-state index is -0.232. The van der Waals surface area contributed by atoms with Crippen molar-refractivity contribution in [3.63, 3.8) is 0 Å². The highest BCUT2D eigenvalue weighted by Gasteiger charge is 2.33. The second-order valence-corrected chi connectivity index (χ2v) is 12.1. The van der Waals surface area contributed by atoms with Gasteiger partial charge in [-0.05, 0) is 65.9 Å². The van der Waals surface area contributed by atoms with Crippen LogP contribution in [0.25, 0.3) is 5.69 Å². The molecule has 1 atom stereocenters. The van der Waals surface area contributed by atoms with E-state index in [9.17, 15) is 9.59 Å². The molecule has 222 valence electrons. The van der Waals surface area contributed by atoms with Crippen LogP contribution in [0.15, 0.2) is 107 Å². The molecule has 1 aliphatic rings. The predicted molar refractivity (Wildman–Crippen MR) is 172 cm³/mol. The van der Waals surface area contributed by atoms with Crippen LogP contribution in [-0.4, -0.2) is 50.2 Å². The molecule has 2 amide bonds. The van der Waals surface area contributed by atoms with Crippen molar-refractivity contribution in [2.24, 2.45) is 5.10 Å². The normalized spacial score (nSPS) is 14.4. The first-order valence-corrected chi connectivity index (χ1v) is 15.9. The molecule has 2 aromatic heterocycles. The molecule has 0 saturated carbocycles. The second kappa shape index (κ2) is 13.3. The van der Waals surface area contributed by atoms with Gasteiger partial charge in [-0.2, -0.15) is 5.10 Å². The lowest BCUT2D eigenvalue weighted by molar-refractivity contribution is -0.130. The largest absolute Gasteiger partial charge is 0.497 e. The molecule has 11 heteroatoms. The van der Waals surface area contributed by atoms with Crippen LogP contribution in [0.3, 0.4) is 0 Å². The number of carbonyl (C=O) groups is 2. The molecule has 5 aromatic rings. The summed E-state index contributed by atoms with van der Waals surface area (Å²) in [5, 5.41) is 20.7. The van der Waals surface area contributed by atoms with Crippen LogP contribution in [0, 0.1) is 6.92 Å². The van der Waals surface area contributed by atoms with Gasteiger partial charge in [0, 0.05) is 17.7 Å². The molecule has 0 fully saturated rings. The molecule has 0 bridgehead atoms. The number of nitrogens with one attached hydrogen (secondary N) is 1. The molecule has 3 heterocycles. The summed E-state index contributed by atoms with van der Waals surface area (Å²) in [4.78, 5) is 27.6. The second-order valence-electron chi connectivity index (χ2n) is 10.2. The first kappa shape index (κ1) is 29.3. The fourth-order valence-corrected chi connectivity index (χ4v) is 6.54. The third-order valence-electron chi connectivity index (χ3n) is 7.20. The van der Waals surface area contributed by atoms with Crippen LogP contribution in [-0.2, 0) is 11.3 Å². The number of aryl methyl sites for hydroxylation is 1. The van der Waals surface area contributed by atoms with Crippen LogP contribution < -0.4 is 10.1 Å². The Balaban J connectivity index is 1.24. The molecule has 0 radical (unpaired) electrons. The number of benzene rings is 3. The Bertz CT molecular complexity index is 1790. The van der Waals surface area contributed by atoms with Gasteiger partial charge in [0.25, 0.3) is 11.8 Å². The van der Waals surface area contributed by atoms with Gasteiger partial charge in [0.1, 0.15) is 5.75 Å². The zero-order valence-electron chi connectivity index (χ0n) is 24.2. The van der Waals surface area contributed by atoms with E-state index in [4.69, 9.17) is 9.84 Å². The average Bonchev–Trinajstić information content (AvgIpc) is 3.83. The number of nitrogens with zero attached hydrogens (tertiary/aromatic N) is 5. The monoisotopic (exact) mass is 622 g/mol. The number of ether oxygens (including phenoxy) is 1. The Labute approximate surface area is 263 Å². The molecular formula is C33H30N6O3S2. The summed E-state index contributed by atoms with van der Waals surface area (Å²) in [6.45, 7) is 2.18. The third-order valence-corrected chi connectivity index (χ3v) is 9.03. The highest BCUT2D eigenvalue weighted by Crippen LogP contribution is 2.35. The van der Waals surface area contributed by atoms with Gasteiger partial charge in [-0.25, -0.2) is 5.01 Å². The van der Waals surface area contributed by atoms with E-state index in [1.807, 2.05) is 95.7 Å². The van der Waals surface area contributed by atoms with Crippen LogP contribution in [0.4, 0.5) is 0 Å². The van der Waals surface area contributed by atoms with E-state index < -0.39 is 0 Å². The number of hydrazone groups is 1. The van der Waals surface area contributed by atoms with Crippen molar-refractivity contribution in [2.75, 3.05) is 12.9 Å². The van der Waals surface area contributed by atoms with E-state index in [0.29, 0.717) is 23.0 Å². The minimum absolute atomic E-state index is 0.105. The predicted octanol–water partition coefficient (Wildman–Crippen LogP) is 6.05. The van der Waals surface area contributed by atoms with Crippen molar-refractivity contribution >= 4 is 40.6 Å². The number of hydrogen-bond donors (Lipinski definition) is 1. The standard InChI is InChI=1S/C33H30N6O3S2/c1-22-8-6-11-25(18-22)38-30(20-34-32(41)24-9-4-3-5-10-24)35-36-33(38)44-21-31(40)39-28(23-13-15-26(42-2)16-14-23)19-27(37-39)29-12-7-17-43-29/h3-18,28H,19-21H2,1-2H3,(H,34,41)/t28-/m0/s1. The molecule has 9 nitrogen and oxygen atoms in total. The number of carbonyl (C=O) groups excluding carboxylic acids is 2. The van der Waals surface area contributed by atoms with Gasteiger partial charge in [-0.1, -0.05) is 60.3 Å². The Morgan fingerprint density at radius 2 is 1.82 bits per heavy atom. The number of thioether (sulfide) groups is 1. The van der Waals surface area contributed by atoms with Crippen LogP contribution in [0.1, 0.15) is 44.6 Å². The van der Waals surface area contributed by atoms with E-state index in [0.717, 1.165) is 33.2 Å². The molecule has 1 N–H and O–H groups in total. The van der Waals surface area contributed by atoms with E-state index in [1.54, 1.807) is 35.6 Å². The van der Waals surface area contributed by atoms with Gasteiger partial charge in [-0.15, -0.1) is 21.5 Å². The summed E-state index contributed by atoms with van der Waals surface area (Å²) in [6.07, 6.45) is 0.619. The third kappa shape index (κ3) is 6.43. The fraction of sp³-hybridized carbons (Fsp3) is 0.182. The SMILES string of the molecule is COc1ccc([C@@H]2CC(c3cccs3)=NN2C(=O)CSc2nnc(CNC(=O)c3ccccc3)n2-c2cccc(C)c2)cc1. The maximum absolute atomic E-state index is 13.8. The summed E-state index contributed by atoms with van der Waals surface area (Å²) in [5.74, 6) is 1.08. The Hall–Kier alpha value is -4.74. The summed E-state index contributed by atoms with van der Waals surface area (Å²) < 4.78 is 7.22. The van der Waals surface area contributed by atoms with Gasteiger partial charge in [0.2, 0.25) is 0 Å². The molecular weight excluding hydrogens is 593 g/mol. The Morgan fingerprint density at radius 3 is 2.55 bits per heavy atom. The highest BCUT2D eigenvalue weighted by atomic mass is 32.2. The maximum Gasteiger partial charge on any atom is 0.253 e. The molecule has 6 rings (SSSR count). The van der Waals surface area contributed by atoms with Crippen molar-refractivity contribution in [1.29, 1.82) is 0 Å². The van der Waals surface area contributed by atoms with Crippen LogP contribution >= 0.6 is 23.1 Å². The first-order chi connectivity index (χ1) is 21.5. The maximum atomic E-state index is 13.8. The van der Waals surface area contributed by atoms with Gasteiger partial charge >= 0.3 is 0 Å². The topological polar surface area (TPSA) is 102 Å². The number of amides is 2. The Morgan fingerprint density at radius 1 is 1.00 bits per heavy atom. The molecule has 44 heavy (non-hydrogen) atoms. The highest BCUT2D eigenvalue weighted by molar-refractivity contribution is 7.99. The summed E-state index contributed by atoms with van der Waals surface area (Å²) in [7, 11) is 1.63. The lowest BCUT2D eigenvalue weighted by Gasteiger charge is -2.22. The quantitative estimate of drug-likeness (QED) is 0.191. The van der Waals surface area contributed by atoms with Gasteiger partial charge in [0.05, 0.1) is 36.0 Å². The molecule has 0 unspecified atom stereocenters. The van der Waals surface area contributed by atoms with Crippen molar-refractivity contribution in [3.05, 3.63) is 124 Å². The van der Waals surface area contributed by atoms with Gasteiger partial charge < -0.3 is 10.1 Å². The minimum Gasteiger partial charge on any atom is -0.497 e. The summed E-state index contributed by atoms with van der Waals surface area (Å²) >= 11 is 2.91. The average molecular weight is 623 g/mol. The van der Waals surface area contributed by atoms with E-state index in [-0.39, 0.29) is 30.2 Å². The van der Waals surface area contributed by atoms with Crippen molar-refractivity contribution in [3.8, 4) is 11.4 Å². The number of thiophene rings is 1. The zero-order valence-corrected chi connectivity index (χ0v) is 25.8. The van der Waals surface area contributed by atoms with Gasteiger partial charge in [0.15, 0.2) is 11.0 Å². The summed E-state index contributed by atoms with van der Waals surface area (Å²) in [5.41, 5.74) is 4.35. The zero-order chi connectivity index (χ0) is 30.5. The van der Waals surface area contributed by atoms with Crippen molar-refractivity contribution in [2.45, 2.75) is 31.1 Å². The lowest BCUT2D eigenvalue weighted by atomic mass is 10.0. The van der Waals surface area contributed by atoms with Crippen molar-refractivity contribution < 1.29 is 14.3 Å². The molecule has 0 spiro atoms. The number of hydrogen-bond acceptors (Lipinski definition) is 8. The molecule has 0 aliphatic carbocycles. The van der Waals surface area contributed by atoms with E-state index >= 15 is 0 Å². The van der Waals surface area contributed by atoms with Crippen LogP contribution in [0.2, 0.25) is 0 Å². The Kier molecular flexibility index (Phi) is 8.85. The molecule has 1 aliphatic heterocycles. The van der Waals surface area contributed by atoms with E-state index in [2.05, 4.69) is 15.5 Å². The number of methoxy groups -OCH3 is 1. The summed E-state index contributed by atoms with van der Waals surface area (Å²) in [6, 6.07) is 28.5. The van der Waals surface area contributed by atoms with Gasteiger partial charge in [-0.3, -0.25) is 14.2 Å². The van der Waals surface area contributed by atoms with Crippen LogP contribution in [0.5, 0.6) is 5.75 Å². The van der Waals surface area contributed by atoms with E-state index in [1.165, 1.54) is 11.8 Å². The lowest BCUT2D eigenvalue weighted by Crippen LogP contribution is -2.28.